The molecule has 0 bridgehead atoms. The van der Waals surface area contributed by atoms with Crippen LogP contribution in [-0.2, 0) is 4.65 Å². The highest BCUT2D eigenvalue weighted by Crippen LogP contribution is 1.69. The van der Waals surface area contributed by atoms with Crippen LogP contribution in [0.4, 0.5) is 0 Å². The topological polar surface area (TPSA) is 29.5 Å². The molecule has 0 aliphatic carbocycles. The highest BCUT2D eigenvalue weighted by Gasteiger charge is 1.75. The van der Waals surface area contributed by atoms with Gasteiger partial charge in [-0.3, -0.25) is 0 Å². The minimum atomic E-state index is 0.0104. The lowest BCUT2D eigenvalue weighted by Crippen LogP contribution is -1.91. The Morgan fingerprint density at radius 3 is 2.60 bits per heavy atom. The Hall–Kier alpha value is 0.275. The molecular weight excluding hydrogens is 90.3 g/mol. The van der Waals surface area contributed by atoms with Crippen LogP contribution in [0.3, 0.4) is 0 Å². The molecule has 29 valence electrons. The Labute approximate surface area is 36.0 Å². The van der Waals surface area contributed by atoms with E-state index in [-0.39, 0.29) is 6.07 Å². The van der Waals surface area contributed by atoms with E-state index in [4.69, 9.17) is 16.6 Å². The van der Waals surface area contributed by atoms with Crippen molar-refractivity contribution in [2.75, 3.05) is 6.07 Å². The van der Waals surface area contributed by atoms with E-state index >= 15 is 0 Å². The van der Waals surface area contributed by atoms with Gasteiger partial charge >= 0.3 is 7.69 Å². The first-order valence-electron chi connectivity index (χ1n) is 1.05. The maximum Gasteiger partial charge on any atom is 0.486 e. The largest absolute Gasteiger partial charge is 0.486 e. The Morgan fingerprint density at radius 1 is 2.00 bits per heavy atom. The minimum absolute atomic E-state index is 0.0104. The van der Waals surface area contributed by atoms with Crippen molar-refractivity contribution in [1.82, 2.24) is 0 Å². The lowest BCUT2D eigenvalue weighted by atomic mass is 10.4. The molecule has 0 aromatic carbocycles. The molecule has 4 heteroatoms. The first-order chi connectivity index (χ1) is 2.41. The number of rotatable bonds is 2. The molecule has 0 aliphatic rings. The highest BCUT2D eigenvalue weighted by molar-refractivity contribution is 6.21. The lowest BCUT2D eigenvalue weighted by Gasteiger charge is -1.80. The van der Waals surface area contributed by atoms with Gasteiger partial charge in [-0.15, -0.1) is 0 Å². The SMILES string of the molecule is O[B]OCCl. The lowest BCUT2D eigenvalue weighted by molar-refractivity contribution is 0.340. The molecule has 0 saturated heterocycles. The molecule has 1 N–H and O–H groups in total. The predicted molar refractivity (Wildman–Crippen MR) is 19.8 cm³/mol. The summed E-state index contributed by atoms with van der Waals surface area (Å²) in [4.78, 5) is 0. The normalized spacial score (nSPS) is 7.60. The molecule has 0 aromatic rings. The van der Waals surface area contributed by atoms with Gasteiger partial charge in [0, 0.05) is 0 Å². The second kappa shape index (κ2) is 4.27. The van der Waals surface area contributed by atoms with Gasteiger partial charge in [-0.05, 0) is 0 Å². The van der Waals surface area contributed by atoms with Gasteiger partial charge in [-0.25, -0.2) is 0 Å². The second-order valence-electron chi connectivity index (χ2n) is 0.381. The molecule has 1 radical (unpaired) electrons. The van der Waals surface area contributed by atoms with E-state index in [0.29, 0.717) is 7.69 Å². The van der Waals surface area contributed by atoms with Crippen molar-refractivity contribution in [2.24, 2.45) is 0 Å². The van der Waals surface area contributed by atoms with Gasteiger partial charge in [0.1, 0.15) is 6.07 Å². The summed E-state index contributed by atoms with van der Waals surface area (Å²) in [5, 5.41) is 7.63. The van der Waals surface area contributed by atoms with E-state index in [2.05, 4.69) is 4.65 Å². The summed E-state index contributed by atoms with van der Waals surface area (Å²) < 4.78 is 4.03. The first-order valence-corrected chi connectivity index (χ1v) is 1.58. The zero-order valence-electron chi connectivity index (χ0n) is 2.52. The van der Waals surface area contributed by atoms with E-state index in [1.807, 2.05) is 0 Å². The summed E-state index contributed by atoms with van der Waals surface area (Å²) in [5.41, 5.74) is 0. The number of alkyl halides is 1. The quantitative estimate of drug-likeness (QED) is 0.376. The molecule has 0 heterocycles. The van der Waals surface area contributed by atoms with Gasteiger partial charge in [0.05, 0.1) is 0 Å². The highest BCUT2D eigenvalue weighted by atomic mass is 35.5. The van der Waals surface area contributed by atoms with Crippen LogP contribution in [0.5, 0.6) is 0 Å². The maximum atomic E-state index is 7.63. The fourth-order valence-electron chi connectivity index (χ4n) is 0.0282. The summed E-state index contributed by atoms with van der Waals surface area (Å²) in [6, 6.07) is 0.0104. The molecule has 0 saturated carbocycles. The van der Waals surface area contributed by atoms with Crippen LogP contribution in [0, 0.1) is 0 Å². The predicted octanol–water partition coefficient (Wildman–Crippen LogP) is -0.274. The smallest absolute Gasteiger partial charge is 0.429 e. The molecule has 0 rings (SSSR count). The fraction of sp³-hybridized carbons (Fsp3) is 1.00. The minimum Gasteiger partial charge on any atom is -0.429 e. The second-order valence-corrected chi connectivity index (χ2v) is 0.599. The zero-order chi connectivity index (χ0) is 4.12. The Morgan fingerprint density at radius 2 is 2.60 bits per heavy atom. The summed E-state index contributed by atoms with van der Waals surface area (Å²) in [6.07, 6.45) is 0. The van der Waals surface area contributed by atoms with E-state index in [0.717, 1.165) is 0 Å². The molecule has 2 nitrogen and oxygen atoms in total. The summed E-state index contributed by atoms with van der Waals surface area (Å²) in [7, 11) is 0.549. The van der Waals surface area contributed by atoms with Gasteiger partial charge in [0.2, 0.25) is 0 Å². The van der Waals surface area contributed by atoms with Crippen LogP contribution in [0.25, 0.3) is 0 Å². The van der Waals surface area contributed by atoms with Crippen LogP contribution in [0.1, 0.15) is 0 Å². The van der Waals surface area contributed by atoms with Crippen molar-refractivity contribution in [3.05, 3.63) is 0 Å². The molecule has 0 amide bonds. The molecule has 5 heavy (non-hydrogen) atoms. The van der Waals surface area contributed by atoms with Gasteiger partial charge in [0.15, 0.2) is 0 Å². The van der Waals surface area contributed by atoms with E-state index in [9.17, 15) is 0 Å². The Balaban J connectivity index is 2.19. The van der Waals surface area contributed by atoms with Crippen LogP contribution in [-0.4, -0.2) is 18.8 Å². The zero-order valence-corrected chi connectivity index (χ0v) is 3.27. The Bertz CT molecular complexity index is 17.1. The molecular formula is CH3BClO2. The van der Waals surface area contributed by atoms with Gasteiger partial charge in [0.25, 0.3) is 0 Å². The summed E-state index contributed by atoms with van der Waals surface area (Å²) in [6.45, 7) is 0. The van der Waals surface area contributed by atoms with Crippen molar-refractivity contribution in [2.45, 2.75) is 0 Å². The van der Waals surface area contributed by atoms with Crippen molar-refractivity contribution in [1.29, 1.82) is 0 Å². The van der Waals surface area contributed by atoms with Gasteiger partial charge < -0.3 is 9.68 Å². The third-order valence-electron chi connectivity index (χ3n) is 0.138. The van der Waals surface area contributed by atoms with Crippen LogP contribution < -0.4 is 0 Å². The van der Waals surface area contributed by atoms with Crippen molar-refractivity contribution in [3.63, 3.8) is 0 Å². The monoisotopic (exact) mass is 93.0 g/mol. The number of halogens is 1. The Kier molecular flexibility index (Phi) is 4.51. The molecule has 0 fully saturated rings. The first kappa shape index (κ1) is 5.27. The van der Waals surface area contributed by atoms with Gasteiger partial charge in [-0.2, -0.15) is 0 Å². The van der Waals surface area contributed by atoms with E-state index in [1.54, 1.807) is 0 Å². The fourth-order valence-corrected chi connectivity index (χ4v) is 0.0845. The van der Waals surface area contributed by atoms with Crippen molar-refractivity contribution < 1.29 is 9.68 Å². The van der Waals surface area contributed by atoms with Crippen LogP contribution >= 0.6 is 11.6 Å². The third-order valence-corrected chi connectivity index (χ3v) is 0.264. The van der Waals surface area contributed by atoms with E-state index in [1.165, 1.54) is 0 Å². The average Bonchev–Trinajstić information content (AvgIpc) is 1.41. The number of hydrogen-bond donors (Lipinski definition) is 1. The van der Waals surface area contributed by atoms with E-state index < -0.39 is 0 Å². The van der Waals surface area contributed by atoms with Crippen LogP contribution in [0.2, 0.25) is 0 Å². The standard InChI is InChI=1S/CH3BClO2/c3-1-5-2-4/h4H,1H2. The van der Waals surface area contributed by atoms with Crippen molar-refractivity contribution in [3.8, 4) is 0 Å². The average molecular weight is 93.3 g/mol. The summed E-state index contributed by atoms with van der Waals surface area (Å²) in [5.74, 6) is 0. The van der Waals surface area contributed by atoms with Gasteiger partial charge in [-0.1, -0.05) is 11.6 Å². The molecule has 0 aliphatic heterocycles. The molecule has 0 spiro atoms. The summed E-state index contributed by atoms with van der Waals surface area (Å²) >= 11 is 4.89. The molecule has 0 atom stereocenters. The molecule has 0 unspecified atom stereocenters. The third kappa shape index (κ3) is 4.27. The number of hydrogen-bond acceptors (Lipinski definition) is 2. The maximum absolute atomic E-state index is 7.63. The van der Waals surface area contributed by atoms with Crippen molar-refractivity contribution >= 4 is 19.3 Å². The van der Waals surface area contributed by atoms with Crippen LogP contribution in [0.15, 0.2) is 0 Å². The molecule has 0 aromatic heterocycles.